The summed E-state index contributed by atoms with van der Waals surface area (Å²) in [7, 11) is 0. The van der Waals surface area contributed by atoms with Crippen LogP contribution in [0, 0.1) is 23.0 Å². The quantitative estimate of drug-likeness (QED) is 0.618. The fourth-order valence-electron chi connectivity index (χ4n) is 2.77. The summed E-state index contributed by atoms with van der Waals surface area (Å²) in [6.07, 6.45) is 2.86. The second-order valence-corrected chi connectivity index (χ2v) is 5.32. The van der Waals surface area contributed by atoms with E-state index in [0.717, 1.165) is 49.4 Å². The smallest absolute Gasteiger partial charge is 0.287 e. The van der Waals surface area contributed by atoms with Crippen LogP contribution in [0.2, 0.25) is 0 Å². The molecule has 8 nitrogen and oxygen atoms in total. The predicted molar refractivity (Wildman–Crippen MR) is 80.8 cm³/mol. The number of piperidine rings is 1. The highest BCUT2D eigenvalue weighted by Gasteiger charge is 2.23. The normalized spacial score (nSPS) is 16.0. The average Bonchev–Trinajstić information content (AvgIpc) is 2.46. The number of hydrogen-bond donors (Lipinski definition) is 2. The van der Waals surface area contributed by atoms with Gasteiger partial charge in [-0.25, -0.2) is 15.1 Å². The number of hydrazine groups is 1. The molecule has 0 amide bonds. The minimum atomic E-state index is -0.634. The number of hydrogen-bond acceptors (Lipinski definition) is 6. The van der Waals surface area contributed by atoms with Crippen molar-refractivity contribution < 1.29 is 5.03 Å². The van der Waals surface area contributed by atoms with E-state index in [9.17, 15) is 10.1 Å². The Balaban J connectivity index is 2.27. The van der Waals surface area contributed by atoms with Crippen LogP contribution < -0.4 is 16.1 Å². The molecule has 1 aliphatic heterocycles. The van der Waals surface area contributed by atoms with Crippen LogP contribution in [0.15, 0.2) is 0 Å². The Labute approximate surface area is 123 Å². The van der Waals surface area contributed by atoms with Crippen molar-refractivity contribution in [2.24, 2.45) is 11.7 Å². The molecule has 2 rings (SSSR count). The number of nitrogens with two attached hydrogens (primary N) is 1. The number of aryl methyl sites for hydroxylation is 1. The lowest BCUT2D eigenvalue weighted by molar-refractivity contribution is -0.446. The lowest BCUT2D eigenvalue weighted by Crippen LogP contribution is -2.37. The van der Waals surface area contributed by atoms with Crippen molar-refractivity contribution in [2.45, 2.75) is 33.1 Å². The molecule has 1 aromatic heterocycles. The molecular weight excluding hydrogens is 272 g/mol. The van der Waals surface area contributed by atoms with Crippen molar-refractivity contribution in [3.05, 3.63) is 21.4 Å². The highest BCUT2D eigenvalue weighted by molar-refractivity contribution is 5.52. The van der Waals surface area contributed by atoms with Crippen molar-refractivity contribution in [2.75, 3.05) is 30.0 Å². The summed E-state index contributed by atoms with van der Waals surface area (Å²) < 4.78 is 0. The molecule has 0 unspecified atom stereocenters. The number of aromatic nitrogens is 2. The molecule has 1 aromatic rings. The molecule has 116 valence electrons. The van der Waals surface area contributed by atoms with E-state index in [2.05, 4.69) is 14.9 Å². The van der Waals surface area contributed by atoms with Crippen molar-refractivity contribution in [3.63, 3.8) is 0 Å². The van der Waals surface area contributed by atoms with E-state index in [0.29, 0.717) is 12.5 Å². The van der Waals surface area contributed by atoms with Crippen LogP contribution >= 0.6 is 0 Å². The van der Waals surface area contributed by atoms with Crippen LogP contribution in [-0.4, -0.2) is 34.6 Å². The lowest BCUT2D eigenvalue weighted by atomic mass is 9.96. The van der Waals surface area contributed by atoms with Gasteiger partial charge in [0, 0.05) is 24.3 Å². The minimum absolute atomic E-state index is 0.0469. The topological polar surface area (TPSA) is 110 Å². The van der Waals surface area contributed by atoms with Crippen LogP contribution in [-0.2, 0) is 6.42 Å². The highest BCUT2D eigenvalue weighted by Crippen LogP contribution is 2.27. The van der Waals surface area contributed by atoms with Gasteiger partial charge in [-0.3, -0.25) is 0 Å². The molecule has 0 bridgehead atoms. The van der Waals surface area contributed by atoms with E-state index in [1.807, 2.05) is 19.3 Å². The number of nitrogens with one attached hydrogen (secondary N) is 1. The number of rotatable bonds is 5. The molecule has 0 aromatic carbocycles. The predicted octanol–water partition coefficient (Wildman–Crippen LogP) is 1.13. The second kappa shape index (κ2) is 6.66. The van der Waals surface area contributed by atoms with Gasteiger partial charge < -0.3 is 10.6 Å². The summed E-state index contributed by atoms with van der Waals surface area (Å²) in [5.74, 6) is 1.42. The van der Waals surface area contributed by atoms with Crippen molar-refractivity contribution >= 4 is 11.8 Å². The van der Waals surface area contributed by atoms with E-state index in [1.165, 1.54) is 0 Å². The Hall–Kier alpha value is -1.96. The third kappa shape index (κ3) is 3.57. The van der Waals surface area contributed by atoms with Gasteiger partial charge in [0.2, 0.25) is 0 Å². The monoisotopic (exact) mass is 294 g/mol. The van der Waals surface area contributed by atoms with E-state index < -0.39 is 5.03 Å². The summed E-state index contributed by atoms with van der Waals surface area (Å²) in [4.78, 5) is 21.3. The molecular formula is C13H22N6O2. The standard InChI is InChI=1S/C13H22N6O2/c1-3-11-9(2)15-13(17-19(20)21)16-12(11)18-6-4-10(8-14)5-7-18/h10H,3-8,14H2,1-2H3,(H,15,16,17). The van der Waals surface area contributed by atoms with Crippen LogP contribution in [0.1, 0.15) is 31.0 Å². The molecule has 3 N–H and O–H groups in total. The van der Waals surface area contributed by atoms with Gasteiger partial charge in [-0.15, -0.1) is 0 Å². The third-order valence-electron chi connectivity index (χ3n) is 3.98. The molecule has 0 saturated carbocycles. The zero-order valence-electron chi connectivity index (χ0n) is 12.5. The van der Waals surface area contributed by atoms with Crippen molar-refractivity contribution in [3.8, 4) is 0 Å². The Bertz CT molecular complexity index is 514. The Morgan fingerprint density at radius 3 is 2.62 bits per heavy atom. The molecule has 0 radical (unpaired) electrons. The van der Waals surface area contributed by atoms with Gasteiger partial charge in [-0.05, 0) is 38.6 Å². The molecule has 2 heterocycles. The number of nitro groups is 1. The summed E-state index contributed by atoms with van der Waals surface area (Å²) in [6, 6.07) is 0. The van der Waals surface area contributed by atoms with E-state index >= 15 is 0 Å². The fourth-order valence-corrected chi connectivity index (χ4v) is 2.77. The van der Waals surface area contributed by atoms with Crippen LogP contribution in [0.25, 0.3) is 0 Å². The van der Waals surface area contributed by atoms with Gasteiger partial charge in [0.05, 0.1) is 0 Å². The van der Waals surface area contributed by atoms with Gasteiger partial charge in [-0.1, -0.05) is 12.3 Å². The number of anilines is 2. The largest absolute Gasteiger partial charge is 0.356 e. The molecule has 0 spiro atoms. The van der Waals surface area contributed by atoms with E-state index in [4.69, 9.17) is 5.73 Å². The van der Waals surface area contributed by atoms with Gasteiger partial charge in [0.15, 0.2) is 5.03 Å². The zero-order valence-corrected chi connectivity index (χ0v) is 12.5. The average molecular weight is 294 g/mol. The molecule has 1 fully saturated rings. The fraction of sp³-hybridized carbons (Fsp3) is 0.692. The molecule has 0 aliphatic carbocycles. The Morgan fingerprint density at radius 2 is 2.10 bits per heavy atom. The molecule has 1 aliphatic rings. The Morgan fingerprint density at radius 1 is 1.43 bits per heavy atom. The SMILES string of the molecule is CCc1c(C)nc(N[N+](=O)[O-])nc1N1CCC(CN)CC1. The van der Waals surface area contributed by atoms with Crippen LogP contribution in [0.5, 0.6) is 0 Å². The molecule has 21 heavy (non-hydrogen) atoms. The summed E-state index contributed by atoms with van der Waals surface area (Å²) >= 11 is 0. The van der Waals surface area contributed by atoms with Gasteiger partial charge in [-0.2, -0.15) is 4.98 Å². The van der Waals surface area contributed by atoms with Gasteiger partial charge in [0.25, 0.3) is 5.95 Å². The molecule has 0 atom stereocenters. The maximum atomic E-state index is 10.6. The maximum Gasteiger partial charge on any atom is 0.287 e. The highest BCUT2D eigenvalue weighted by atomic mass is 16.7. The first-order valence-corrected chi connectivity index (χ1v) is 7.28. The summed E-state index contributed by atoms with van der Waals surface area (Å²) in [5.41, 5.74) is 9.60. The van der Waals surface area contributed by atoms with Gasteiger partial charge in [0.1, 0.15) is 5.82 Å². The lowest BCUT2D eigenvalue weighted by Gasteiger charge is -2.33. The Kier molecular flexibility index (Phi) is 4.89. The van der Waals surface area contributed by atoms with E-state index in [-0.39, 0.29) is 5.95 Å². The third-order valence-corrected chi connectivity index (χ3v) is 3.98. The van der Waals surface area contributed by atoms with Crippen LogP contribution in [0.3, 0.4) is 0 Å². The van der Waals surface area contributed by atoms with Crippen LogP contribution in [0.4, 0.5) is 11.8 Å². The first-order chi connectivity index (χ1) is 10.0. The first-order valence-electron chi connectivity index (χ1n) is 7.28. The van der Waals surface area contributed by atoms with E-state index in [1.54, 1.807) is 0 Å². The zero-order chi connectivity index (χ0) is 15.4. The maximum absolute atomic E-state index is 10.6. The summed E-state index contributed by atoms with van der Waals surface area (Å²) in [5, 5.41) is 9.96. The van der Waals surface area contributed by atoms with Crippen molar-refractivity contribution in [1.82, 2.24) is 9.97 Å². The first kappa shape index (κ1) is 15.4. The minimum Gasteiger partial charge on any atom is -0.356 e. The van der Waals surface area contributed by atoms with Gasteiger partial charge >= 0.3 is 0 Å². The molecule has 8 heteroatoms. The number of nitrogens with zero attached hydrogens (tertiary/aromatic N) is 4. The summed E-state index contributed by atoms with van der Waals surface area (Å²) in [6.45, 7) is 6.38. The van der Waals surface area contributed by atoms with Crippen molar-refractivity contribution in [1.29, 1.82) is 0 Å². The molecule has 1 saturated heterocycles. The second-order valence-electron chi connectivity index (χ2n) is 5.32.